The van der Waals surface area contributed by atoms with Gasteiger partial charge in [0.1, 0.15) is 6.04 Å². The van der Waals surface area contributed by atoms with Crippen molar-refractivity contribution < 1.29 is 19.3 Å². The molecule has 150 valence electrons. The Hall–Kier alpha value is -3.38. The first kappa shape index (κ1) is 20.4. The van der Waals surface area contributed by atoms with Crippen LogP contribution in [0.5, 0.6) is 0 Å². The summed E-state index contributed by atoms with van der Waals surface area (Å²) >= 11 is 0. The van der Waals surface area contributed by atoms with Crippen LogP contribution in [0.2, 0.25) is 0 Å². The van der Waals surface area contributed by atoms with Crippen molar-refractivity contribution in [1.29, 1.82) is 0 Å². The number of nitrogens with two attached hydrogens (primary N) is 1. The summed E-state index contributed by atoms with van der Waals surface area (Å²) in [4.78, 5) is 24.9. The van der Waals surface area contributed by atoms with Crippen molar-refractivity contribution in [3.05, 3.63) is 89.9 Å². The zero-order chi connectivity index (χ0) is 20.5. The molecule has 1 atom stereocenters. The number of carbonyl (C=O) groups excluding carboxylic acids is 2. The van der Waals surface area contributed by atoms with Gasteiger partial charge in [0.05, 0.1) is 17.5 Å². The average molecular weight is 392 g/mol. The van der Waals surface area contributed by atoms with Crippen molar-refractivity contribution in [1.82, 2.24) is 5.32 Å². The van der Waals surface area contributed by atoms with Gasteiger partial charge in [0.25, 0.3) is 11.8 Å². The molecular formula is C23H26N3O3+. The minimum Gasteiger partial charge on any atom is -0.463 e. The zero-order valence-corrected chi connectivity index (χ0v) is 16.4. The number of nitrogens with one attached hydrogen (secondary N) is 2. The quantitative estimate of drug-likeness (QED) is 0.523. The van der Waals surface area contributed by atoms with Gasteiger partial charge in [-0.1, -0.05) is 42.5 Å². The molecule has 0 unspecified atom stereocenters. The number of amides is 2. The van der Waals surface area contributed by atoms with Crippen molar-refractivity contribution in [2.24, 2.45) is 0 Å². The molecule has 0 aliphatic carbocycles. The smallest absolute Gasteiger partial charge is 0.279 e. The Labute approximate surface area is 170 Å². The third-order valence-electron chi connectivity index (χ3n) is 4.64. The van der Waals surface area contributed by atoms with Gasteiger partial charge < -0.3 is 20.4 Å². The van der Waals surface area contributed by atoms with Crippen LogP contribution in [-0.2, 0) is 11.2 Å². The van der Waals surface area contributed by atoms with E-state index in [9.17, 15) is 9.59 Å². The Morgan fingerprint density at radius 2 is 1.76 bits per heavy atom. The lowest BCUT2D eigenvalue weighted by atomic mass is 10.1. The monoisotopic (exact) mass is 392 g/mol. The van der Waals surface area contributed by atoms with E-state index in [1.807, 2.05) is 54.7 Å². The molecule has 0 aliphatic heterocycles. The summed E-state index contributed by atoms with van der Waals surface area (Å²) < 4.78 is 5.35. The van der Waals surface area contributed by atoms with E-state index in [1.54, 1.807) is 30.5 Å². The number of furan rings is 1. The van der Waals surface area contributed by atoms with Crippen LogP contribution in [0.4, 0.5) is 5.69 Å². The van der Waals surface area contributed by atoms with Gasteiger partial charge in [-0.2, -0.15) is 0 Å². The van der Waals surface area contributed by atoms with E-state index in [4.69, 9.17) is 4.42 Å². The number of hydrogen-bond donors (Lipinski definition) is 3. The normalized spacial score (nSPS) is 11.6. The van der Waals surface area contributed by atoms with Gasteiger partial charge in [0.2, 0.25) is 0 Å². The van der Waals surface area contributed by atoms with Gasteiger partial charge in [-0.15, -0.1) is 0 Å². The lowest BCUT2D eigenvalue weighted by molar-refractivity contribution is -0.684. The first-order valence-corrected chi connectivity index (χ1v) is 9.71. The summed E-state index contributed by atoms with van der Waals surface area (Å²) in [5, 5.41) is 7.64. The molecule has 4 N–H and O–H groups in total. The highest BCUT2D eigenvalue weighted by atomic mass is 16.3. The minimum atomic E-state index is -0.204. The summed E-state index contributed by atoms with van der Waals surface area (Å²) in [6.45, 7) is 2.73. The molecule has 0 radical (unpaired) electrons. The van der Waals surface area contributed by atoms with Crippen molar-refractivity contribution in [3.63, 3.8) is 0 Å². The van der Waals surface area contributed by atoms with Gasteiger partial charge in [-0.3, -0.25) is 9.59 Å². The van der Waals surface area contributed by atoms with Crippen molar-refractivity contribution >= 4 is 17.5 Å². The molecular weight excluding hydrogens is 366 g/mol. The summed E-state index contributed by atoms with van der Waals surface area (Å²) in [7, 11) is 0. The van der Waals surface area contributed by atoms with Gasteiger partial charge >= 0.3 is 0 Å². The van der Waals surface area contributed by atoms with E-state index < -0.39 is 0 Å². The van der Waals surface area contributed by atoms with E-state index in [1.165, 1.54) is 0 Å². The Morgan fingerprint density at radius 1 is 1.00 bits per heavy atom. The molecule has 6 heteroatoms. The SMILES string of the molecule is C[C@@H]([NH2+]CC(=O)Nc1ccccc1C(=O)NCCc1ccccc1)c1ccco1. The van der Waals surface area contributed by atoms with Crippen LogP contribution in [0.25, 0.3) is 0 Å². The Balaban J connectivity index is 1.52. The van der Waals surface area contributed by atoms with Crippen molar-refractivity contribution in [2.45, 2.75) is 19.4 Å². The number of para-hydroxylation sites is 1. The van der Waals surface area contributed by atoms with Gasteiger partial charge in [0, 0.05) is 6.54 Å². The maximum atomic E-state index is 12.6. The summed E-state index contributed by atoms with van der Waals surface area (Å²) in [6, 6.07) is 20.8. The highest BCUT2D eigenvalue weighted by Gasteiger charge is 2.16. The molecule has 0 fully saturated rings. The molecule has 3 rings (SSSR count). The largest absolute Gasteiger partial charge is 0.463 e. The Kier molecular flexibility index (Phi) is 7.19. The predicted molar refractivity (Wildman–Crippen MR) is 111 cm³/mol. The molecule has 2 aromatic carbocycles. The maximum Gasteiger partial charge on any atom is 0.279 e. The van der Waals surface area contributed by atoms with Crippen LogP contribution >= 0.6 is 0 Å². The predicted octanol–water partition coefficient (Wildman–Crippen LogP) is 2.52. The Morgan fingerprint density at radius 3 is 2.52 bits per heavy atom. The third kappa shape index (κ3) is 6.05. The standard InChI is InChI=1S/C23H25N3O3/c1-17(21-12-7-15-29-21)25-16-22(27)26-20-11-6-5-10-19(20)23(28)24-14-13-18-8-3-2-4-9-18/h2-12,15,17,25H,13-14,16H2,1H3,(H,24,28)(H,26,27)/p+1/t17-/m1/s1. The van der Waals surface area contributed by atoms with E-state index in [0.29, 0.717) is 17.8 Å². The molecule has 6 nitrogen and oxygen atoms in total. The van der Waals surface area contributed by atoms with E-state index in [0.717, 1.165) is 17.7 Å². The fourth-order valence-corrected chi connectivity index (χ4v) is 3.00. The van der Waals surface area contributed by atoms with Crippen LogP contribution < -0.4 is 16.0 Å². The minimum absolute atomic E-state index is 0.0345. The highest BCUT2D eigenvalue weighted by Crippen LogP contribution is 2.15. The molecule has 0 saturated carbocycles. The van der Waals surface area contributed by atoms with E-state index in [2.05, 4.69) is 10.6 Å². The fourth-order valence-electron chi connectivity index (χ4n) is 3.00. The second kappa shape index (κ2) is 10.2. The van der Waals surface area contributed by atoms with Crippen LogP contribution in [0.1, 0.15) is 34.6 Å². The average Bonchev–Trinajstić information content (AvgIpc) is 3.28. The number of anilines is 1. The van der Waals surface area contributed by atoms with Gasteiger partial charge in [-0.05, 0) is 43.2 Å². The molecule has 29 heavy (non-hydrogen) atoms. The number of quaternary nitrogens is 1. The number of rotatable bonds is 9. The van der Waals surface area contributed by atoms with Crippen LogP contribution in [-0.4, -0.2) is 24.9 Å². The molecule has 2 amide bonds. The fraction of sp³-hybridized carbons (Fsp3) is 0.217. The molecule has 0 spiro atoms. The lowest BCUT2D eigenvalue weighted by Crippen LogP contribution is -2.86. The molecule has 1 heterocycles. The molecule has 0 saturated heterocycles. The van der Waals surface area contributed by atoms with Crippen LogP contribution in [0.3, 0.4) is 0 Å². The highest BCUT2D eigenvalue weighted by molar-refractivity contribution is 6.03. The molecule has 3 aromatic rings. The molecule has 0 aliphatic rings. The first-order valence-electron chi connectivity index (χ1n) is 9.71. The lowest BCUT2D eigenvalue weighted by Gasteiger charge is -2.12. The van der Waals surface area contributed by atoms with Crippen molar-refractivity contribution in [3.8, 4) is 0 Å². The maximum absolute atomic E-state index is 12.6. The van der Waals surface area contributed by atoms with Gasteiger partial charge in [-0.25, -0.2) is 0 Å². The van der Waals surface area contributed by atoms with Crippen molar-refractivity contribution in [2.75, 3.05) is 18.4 Å². The van der Waals surface area contributed by atoms with Gasteiger partial charge in [0.15, 0.2) is 12.3 Å². The number of carbonyl (C=O) groups is 2. The molecule has 1 aromatic heterocycles. The second-order valence-electron chi connectivity index (χ2n) is 6.83. The van der Waals surface area contributed by atoms with E-state index in [-0.39, 0.29) is 24.4 Å². The topological polar surface area (TPSA) is 88.0 Å². The summed E-state index contributed by atoms with van der Waals surface area (Å²) in [5.74, 6) is 0.439. The summed E-state index contributed by atoms with van der Waals surface area (Å²) in [5.41, 5.74) is 2.12. The Bertz CT molecular complexity index is 924. The summed E-state index contributed by atoms with van der Waals surface area (Å²) in [6.07, 6.45) is 2.37. The zero-order valence-electron chi connectivity index (χ0n) is 16.4. The third-order valence-corrected chi connectivity index (χ3v) is 4.64. The van der Waals surface area contributed by atoms with Crippen LogP contribution in [0, 0.1) is 0 Å². The molecule has 0 bridgehead atoms. The second-order valence-corrected chi connectivity index (χ2v) is 6.83. The van der Waals surface area contributed by atoms with E-state index >= 15 is 0 Å². The first-order chi connectivity index (χ1) is 14.1. The number of hydrogen-bond acceptors (Lipinski definition) is 3. The van der Waals surface area contributed by atoms with Crippen LogP contribution in [0.15, 0.2) is 77.4 Å². The number of benzene rings is 2.